The van der Waals surface area contributed by atoms with Crippen LogP contribution in [0.15, 0.2) is 60.7 Å². The summed E-state index contributed by atoms with van der Waals surface area (Å²) in [6.07, 6.45) is 5.70. The van der Waals surface area contributed by atoms with Gasteiger partial charge in [-0.25, -0.2) is 9.59 Å². The summed E-state index contributed by atoms with van der Waals surface area (Å²) >= 11 is 0. The molecule has 2 aliphatic heterocycles. The van der Waals surface area contributed by atoms with Crippen LogP contribution >= 0.6 is 0 Å². The first-order valence-corrected chi connectivity index (χ1v) is 14.9. The Labute approximate surface area is 246 Å². The molecule has 41 heavy (non-hydrogen) atoms. The van der Waals surface area contributed by atoms with E-state index in [1.165, 1.54) is 6.42 Å². The number of nitrogens with zero attached hydrogens (tertiary/aromatic N) is 3. The SMILES string of the molecule is CCC.CN(C)C1CCCN(C(=O)OCc2ccccc2)CC1.O=C1CCCN(C(=O)OCc2ccccc2)CC1. The van der Waals surface area contributed by atoms with Crippen LogP contribution in [0.2, 0.25) is 0 Å². The van der Waals surface area contributed by atoms with Gasteiger partial charge < -0.3 is 24.2 Å². The van der Waals surface area contributed by atoms with Crippen LogP contribution in [0, 0.1) is 0 Å². The molecule has 0 N–H and O–H groups in total. The molecule has 1 atom stereocenters. The van der Waals surface area contributed by atoms with Gasteiger partial charge in [0.1, 0.15) is 19.0 Å². The minimum atomic E-state index is -0.325. The molecule has 2 aromatic carbocycles. The second-order valence-electron chi connectivity index (χ2n) is 10.7. The van der Waals surface area contributed by atoms with E-state index in [1.54, 1.807) is 4.90 Å². The Morgan fingerprint density at radius 3 is 1.73 bits per heavy atom. The van der Waals surface area contributed by atoms with Crippen molar-refractivity contribution in [1.82, 2.24) is 14.7 Å². The zero-order valence-electron chi connectivity index (χ0n) is 25.4. The molecule has 2 amide bonds. The zero-order valence-corrected chi connectivity index (χ0v) is 25.4. The zero-order chi connectivity index (χ0) is 29.9. The van der Waals surface area contributed by atoms with Gasteiger partial charge in [0.2, 0.25) is 0 Å². The van der Waals surface area contributed by atoms with Crippen molar-refractivity contribution in [3.8, 4) is 0 Å². The van der Waals surface area contributed by atoms with E-state index in [9.17, 15) is 14.4 Å². The molecule has 0 radical (unpaired) electrons. The van der Waals surface area contributed by atoms with Crippen LogP contribution in [0.25, 0.3) is 0 Å². The number of benzene rings is 2. The second kappa shape index (κ2) is 19.6. The normalized spacial score (nSPS) is 17.2. The highest BCUT2D eigenvalue weighted by Crippen LogP contribution is 2.16. The summed E-state index contributed by atoms with van der Waals surface area (Å²) in [5.74, 6) is 0.230. The third-order valence-corrected chi connectivity index (χ3v) is 6.90. The molecule has 2 heterocycles. The highest BCUT2D eigenvalue weighted by Gasteiger charge is 2.22. The number of Topliss-reactive ketones (excluding diaryl/α,β-unsaturated/α-hetero) is 1. The Balaban J connectivity index is 0.000000263. The van der Waals surface area contributed by atoms with Gasteiger partial charge in [-0.05, 0) is 50.9 Å². The van der Waals surface area contributed by atoms with Crippen LogP contribution in [0.5, 0.6) is 0 Å². The molecular weight excluding hydrogens is 518 g/mol. The number of likely N-dealkylation sites (tertiary alicyclic amines) is 2. The Morgan fingerprint density at radius 1 is 0.732 bits per heavy atom. The number of hydrogen-bond donors (Lipinski definition) is 0. The molecule has 226 valence electrons. The fraction of sp³-hybridized carbons (Fsp3) is 0.545. The first-order valence-electron chi connectivity index (χ1n) is 14.9. The van der Waals surface area contributed by atoms with E-state index in [4.69, 9.17) is 9.47 Å². The van der Waals surface area contributed by atoms with E-state index in [0.29, 0.717) is 38.6 Å². The van der Waals surface area contributed by atoms with E-state index in [2.05, 4.69) is 32.8 Å². The molecule has 0 aromatic heterocycles. The topological polar surface area (TPSA) is 79.4 Å². The maximum atomic E-state index is 12.1. The second-order valence-corrected chi connectivity index (χ2v) is 10.7. The first-order chi connectivity index (χ1) is 19.8. The molecular formula is C33H49N3O5. The molecule has 0 aliphatic carbocycles. The lowest BCUT2D eigenvalue weighted by Gasteiger charge is -2.23. The van der Waals surface area contributed by atoms with Gasteiger partial charge in [0, 0.05) is 45.1 Å². The van der Waals surface area contributed by atoms with Gasteiger partial charge in [-0.3, -0.25) is 4.79 Å². The van der Waals surface area contributed by atoms with E-state index < -0.39 is 0 Å². The first kappa shape index (κ1) is 33.8. The third-order valence-electron chi connectivity index (χ3n) is 6.90. The molecule has 8 nitrogen and oxygen atoms in total. The third kappa shape index (κ3) is 13.7. The van der Waals surface area contributed by atoms with Crippen molar-refractivity contribution in [2.45, 2.75) is 78.0 Å². The highest BCUT2D eigenvalue weighted by molar-refractivity contribution is 5.79. The summed E-state index contributed by atoms with van der Waals surface area (Å²) in [5, 5.41) is 0. The average molecular weight is 568 g/mol. The van der Waals surface area contributed by atoms with Gasteiger partial charge >= 0.3 is 12.2 Å². The fourth-order valence-corrected chi connectivity index (χ4v) is 4.55. The molecule has 2 aromatic rings. The van der Waals surface area contributed by atoms with Gasteiger partial charge in [-0.15, -0.1) is 0 Å². The maximum absolute atomic E-state index is 12.1. The van der Waals surface area contributed by atoms with Gasteiger partial charge in [-0.1, -0.05) is 80.9 Å². The summed E-state index contributed by atoms with van der Waals surface area (Å²) in [4.78, 5) is 40.9. The average Bonchev–Trinajstić information content (AvgIpc) is 3.37. The van der Waals surface area contributed by atoms with E-state index in [1.807, 2.05) is 65.6 Å². The number of carbonyl (C=O) groups is 3. The molecule has 0 spiro atoms. The van der Waals surface area contributed by atoms with Crippen molar-refractivity contribution in [3.05, 3.63) is 71.8 Å². The number of carbonyl (C=O) groups excluding carboxylic acids is 3. The molecule has 2 aliphatic rings. The predicted octanol–water partition coefficient (Wildman–Crippen LogP) is 6.53. The molecule has 4 rings (SSSR count). The monoisotopic (exact) mass is 567 g/mol. The maximum Gasteiger partial charge on any atom is 0.410 e. The number of amides is 2. The number of rotatable bonds is 5. The van der Waals surface area contributed by atoms with Crippen molar-refractivity contribution in [2.75, 3.05) is 40.3 Å². The molecule has 2 fully saturated rings. The van der Waals surface area contributed by atoms with Crippen molar-refractivity contribution < 1.29 is 23.9 Å². The molecule has 0 bridgehead atoms. The standard InChI is InChI=1S/C16H24N2O2.C14H17NO3.C3H8/c1-17(2)15-9-6-11-18(12-10-15)16(19)20-13-14-7-4-3-5-8-14;16-13-7-4-9-15(10-8-13)14(17)18-11-12-5-2-1-3-6-12;1-3-2/h3-5,7-8,15H,6,9-13H2,1-2H3;1-3,5-6H,4,7-11H2;3H2,1-2H3. The van der Waals surface area contributed by atoms with Crippen LogP contribution in [0.3, 0.4) is 0 Å². The van der Waals surface area contributed by atoms with Crippen molar-refractivity contribution in [3.63, 3.8) is 0 Å². The summed E-state index contributed by atoms with van der Waals surface area (Å²) in [7, 11) is 4.21. The Hall–Kier alpha value is -3.39. The van der Waals surface area contributed by atoms with Gasteiger partial charge in [0.15, 0.2) is 0 Å². The Morgan fingerprint density at radius 2 is 1.22 bits per heavy atom. The van der Waals surface area contributed by atoms with Crippen LogP contribution in [-0.2, 0) is 27.5 Å². The van der Waals surface area contributed by atoms with E-state index in [-0.39, 0.29) is 24.6 Å². The van der Waals surface area contributed by atoms with Crippen LogP contribution in [0.4, 0.5) is 9.59 Å². The van der Waals surface area contributed by atoms with Crippen LogP contribution < -0.4 is 0 Å². The number of ketones is 1. The summed E-state index contributed by atoms with van der Waals surface area (Å²) in [5.41, 5.74) is 2.00. The molecule has 2 saturated heterocycles. The van der Waals surface area contributed by atoms with Crippen molar-refractivity contribution in [1.29, 1.82) is 0 Å². The minimum absolute atomic E-state index is 0.187. The quantitative estimate of drug-likeness (QED) is 0.409. The highest BCUT2D eigenvalue weighted by atomic mass is 16.6. The lowest BCUT2D eigenvalue weighted by molar-refractivity contribution is -0.118. The molecule has 8 heteroatoms. The molecule has 1 unspecified atom stereocenters. The predicted molar refractivity (Wildman–Crippen MR) is 163 cm³/mol. The fourth-order valence-electron chi connectivity index (χ4n) is 4.55. The number of hydrogen-bond acceptors (Lipinski definition) is 6. The van der Waals surface area contributed by atoms with Crippen LogP contribution in [-0.4, -0.2) is 79.0 Å². The lowest BCUT2D eigenvalue weighted by atomic mass is 10.1. The lowest BCUT2D eigenvalue weighted by Crippen LogP contribution is -2.34. The Kier molecular flexibility index (Phi) is 16.2. The van der Waals surface area contributed by atoms with Crippen LogP contribution in [0.1, 0.15) is 69.9 Å². The van der Waals surface area contributed by atoms with Crippen molar-refractivity contribution >= 4 is 18.0 Å². The van der Waals surface area contributed by atoms with E-state index >= 15 is 0 Å². The largest absolute Gasteiger partial charge is 0.445 e. The number of ether oxygens (including phenoxy) is 2. The smallest absolute Gasteiger partial charge is 0.410 e. The minimum Gasteiger partial charge on any atom is -0.445 e. The summed E-state index contributed by atoms with van der Waals surface area (Å²) in [6, 6.07) is 20.0. The van der Waals surface area contributed by atoms with Gasteiger partial charge in [-0.2, -0.15) is 0 Å². The van der Waals surface area contributed by atoms with Gasteiger partial charge in [0.25, 0.3) is 0 Å². The molecule has 0 saturated carbocycles. The van der Waals surface area contributed by atoms with Gasteiger partial charge in [0.05, 0.1) is 0 Å². The Bertz CT molecular complexity index is 1020. The van der Waals surface area contributed by atoms with Crippen molar-refractivity contribution in [2.24, 2.45) is 0 Å². The van der Waals surface area contributed by atoms with E-state index in [0.717, 1.165) is 49.9 Å². The summed E-state index contributed by atoms with van der Waals surface area (Å²) in [6.45, 7) is 7.57. The summed E-state index contributed by atoms with van der Waals surface area (Å²) < 4.78 is 10.6.